The molecule has 17 heavy (non-hydrogen) atoms. The Bertz CT molecular complexity index is 362. The lowest BCUT2D eigenvalue weighted by Crippen LogP contribution is -2.25. The highest BCUT2D eigenvalue weighted by atomic mass is 16.6. The van der Waals surface area contributed by atoms with E-state index in [1.807, 2.05) is 12.1 Å². The summed E-state index contributed by atoms with van der Waals surface area (Å²) in [7, 11) is 1.71. The summed E-state index contributed by atoms with van der Waals surface area (Å²) in [6, 6.07) is 6.24. The first-order valence-electron chi connectivity index (χ1n) is 5.97. The summed E-state index contributed by atoms with van der Waals surface area (Å²) in [4.78, 5) is 0. The van der Waals surface area contributed by atoms with Gasteiger partial charge in [-0.3, -0.25) is 0 Å². The SMILES string of the molecule is CCNC(COC)c1ccc2c(c1)OCCO2. The van der Waals surface area contributed by atoms with Crippen molar-refractivity contribution in [1.29, 1.82) is 0 Å². The van der Waals surface area contributed by atoms with Crippen molar-refractivity contribution in [3.63, 3.8) is 0 Å². The minimum absolute atomic E-state index is 0.195. The van der Waals surface area contributed by atoms with Crippen LogP contribution in [0.5, 0.6) is 11.5 Å². The molecule has 0 bridgehead atoms. The molecular formula is C13H19NO3. The zero-order chi connectivity index (χ0) is 12.1. The number of benzene rings is 1. The normalized spacial score (nSPS) is 15.6. The van der Waals surface area contributed by atoms with Crippen LogP contribution >= 0.6 is 0 Å². The van der Waals surface area contributed by atoms with Crippen LogP contribution in [0.3, 0.4) is 0 Å². The molecule has 0 radical (unpaired) electrons. The van der Waals surface area contributed by atoms with Crippen LogP contribution in [0.25, 0.3) is 0 Å². The predicted molar refractivity (Wildman–Crippen MR) is 65.7 cm³/mol. The largest absolute Gasteiger partial charge is 0.486 e. The Hall–Kier alpha value is -1.26. The lowest BCUT2D eigenvalue weighted by molar-refractivity contribution is 0.163. The number of nitrogens with one attached hydrogen (secondary N) is 1. The highest BCUT2D eigenvalue weighted by Gasteiger charge is 2.16. The molecule has 1 unspecified atom stereocenters. The first kappa shape index (κ1) is 12.2. The molecule has 0 aliphatic carbocycles. The molecule has 0 aromatic heterocycles. The number of hydrogen-bond acceptors (Lipinski definition) is 4. The number of rotatable bonds is 5. The molecule has 1 aromatic rings. The lowest BCUT2D eigenvalue weighted by atomic mass is 10.1. The summed E-state index contributed by atoms with van der Waals surface area (Å²) in [5.74, 6) is 1.65. The summed E-state index contributed by atoms with van der Waals surface area (Å²) >= 11 is 0. The lowest BCUT2D eigenvalue weighted by Gasteiger charge is -2.22. The van der Waals surface area contributed by atoms with E-state index in [1.165, 1.54) is 0 Å². The minimum Gasteiger partial charge on any atom is -0.486 e. The zero-order valence-corrected chi connectivity index (χ0v) is 10.4. The molecule has 0 amide bonds. The Morgan fingerprint density at radius 3 is 2.76 bits per heavy atom. The average Bonchev–Trinajstić information content (AvgIpc) is 2.38. The maximum Gasteiger partial charge on any atom is 0.161 e. The molecule has 1 aliphatic rings. The number of methoxy groups -OCH3 is 1. The van der Waals surface area contributed by atoms with Gasteiger partial charge in [-0.2, -0.15) is 0 Å². The molecule has 0 spiro atoms. The first-order valence-corrected chi connectivity index (χ1v) is 5.97. The monoisotopic (exact) mass is 237 g/mol. The smallest absolute Gasteiger partial charge is 0.161 e. The number of likely N-dealkylation sites (N-methyl/N-ethyl adjacent to an activating group) is 1. The van der Waals surface area contributed by atoms with Crippen LogP contribution in [0.1, 0.15) is 18.5 Å². The second-order valence-corrected chi connectivity index (χ2v) is 3.97. The van der Waals surface area contributed by atoms with Crippen LogP contribution in [0.4, 0.5) is 0 Å². The topological polar surface area (TPSA) is 39.7 Å². The van der Waals surface area contributed by atoms with E-state index in [-0.39, 0.29) is 6.04 Å². The molecule has 0 saturated carbocycles. The summed E-state index contributed by atoms with van der Waals surface area (Å²) in [5, 5.41) is 3.39. The Morgan fingerprint density at radius 2 is 2.06 bits per heavy atom. The van der Waals surface area contributed by atoms with Gasteiger partial charge in [-0.05, 0) is 24.2 Å². The van der Waals surface area contributed by atoms with E-state index in [9.17, 15) is 0 Å². The van der Waals surface area contributed by atoms with Gasteiger partial charge >= 0.3 is 0 Å². The Kier molecular flexibility index (Phi) is 4.23. The fourth-order valence-electron chi connectivity index (χ4n) is 1.96. The van der Waals surface area contributed by atoms with Crippen LogP contribution in [0.2, 0.25) is 0 Å². The van der Waals surface area contributed by atoms with Crippen LogP contribution in [-0.4, -0.2) is 33.5 Å². The second-order valence-electron chi connectivity index (χ2n) is 3.97. The molecule has 2 rings (SSSR count). The van der Waals surface area contributed by atoms with Gasteiger partial charge in [0.1, 0.15) is 13.2 Å². The molecule has 1 atom stereocenters. The predicted octanol–water partition coefficient (Wildman–Crippen LogP) is 1.75. The number of fused-ring (bicyclic) bond motifs is 1. The van der Waals surface area contributed by atoms with Gasteiger partial charge in [0, 0.05) is 7.11 Å². The quantitative estimate of drug-likeness (QED) is 0.847. The standard InChI is InChI=1S/C13H19NO3/c1-3-14-11(9-15-2)10-4-5-12-13(8-10)17-7-6-16-12/h4-5,8,11,14H,3,6-7,9H2,1-2H3. The van der Waals surface area contributed by atoms with Crippen molar-refractivity contribution < 1.29 is 14.2 Å². The fraction of sp³-hybridized carbons (Fsp3) is 0.538. The Balaban J connectivity index is 2.18. The summed E-state index contributed by atoms with van der Waals surface area (Å²) in [6.07, 6.45) is 0. The summed E-state index contributed by atoms with van der Waals surface area (Å²) in [5.41, 5.74) is 1.16. The van der Waals surface area contributed by atoms with Gasteiger partial charge < -0.3 is 19.5 Å². The molecule has 0 fully saturated rings. The van der Waals surface area contributed by atoms with Gasteiger partial charge in [-0.1, -0.05) is 13.0 Å². The number of ether oxygens (including phenoxy) is 3. The van der Waals surface area contributed by atoms with Crippen molar-refractivity contribution in [1.82, 2.24) is 5.32 Å². The van der Waals surface area contributed by atoms with Gasteiger partial charge in [-0.25, -0.2) is 0 Å². The van der Waals surface area contributed by atoms with Crippen molar-refractivity contribution in [2.45, 2.75) is 13.0 Å². The van der Waals surface area contributed by atoms with E-state index >= 15 is 0 Å². The molecule has 1 heterocycles. The van der Waals surface area contributed by atoms with Crippen molar-refractivity contribution in [3.8, 4) is 11.5 Å². The molecule has 94 valence electrons. The van der Waals surface area contributed by atoms with Gasteiger partial charge in [0.25, 0.3) is 0 Å². The van der Waals surface area contributed by atoms with Gasteiger partial charge in [0.05, 0.1) is 12.6 Å². The Morgan fingerprint density at radius 1 is 1.29 bits per heavy atom. The van der Waals surface area contributed by atoms with Crippen LogP contribution in [0.15, 0.2) is 18.2 Å². The fourth-order valence-corrected chi connectivity index (χ4v) is 1.96. The molecular weight excluding hydrogens is 218 g/mol. The van der Waals surface area contributed by atoms with E-state index in [0.29, 0.717) is 19.8 Å². The molecule has 0 saturated heterocycles. The van der Waals surface area contributed by atoms with E-state index in [2.05, 4.69) is 18.3 Å². The third kappa shape index (κ3) is 2.90. The van der Waals surface area contributed by atoms with Crippen LogP contribution in [-0.2, 0) is 4.74 Å². The maximum absolute atomic E-state index is 5.58. The van der Waals surface area contributed by atoms with Crippen molar-refractivity contribution >= 4 is 0 Å². The van der Waals surface area contributed by atoms with E-state index in [4.69, 9.17) is 14.2 Å². The van der Waals surface area contributed by atoms with Gasteiger partial charge in [0.2, 0.25) is 0 Å². The maximum atomic E-state index is 5.58. The summed E-state index contributed by atoms with van der Waals surface area (Å²) in [6.45, 7) is 4.88. The van der Waals surface area contributed by atoms with Crippen molar-refractivity contribution in [2.24, 2.45) is 0 Å². The van der Waals surface area contributed by atoms with Crippen molar-refractivity contribution in [3.05, 3.63) is 23.8 Å². The Labute approximate surface area is 102 Å². The van der Waals surface area contributed by atoms with Gasteiger partial charge in [0.15, 0.2) is 11.5 Å². The average molecular weight is 237 g/mol. The van der Waals surface area contributed by atoms with Crippen molar-refractivity contribution in [2.75, 3.05) is 33.5 Å². The molecule has 1 aliphatic heterocycles. The van der Waals surface area contributed by atoms with E-state index < -0.39 is 0 Å². The molecule has 4 nitrogen and oxygen atoms in total. The molecule has 4 heteroatoms. The third-order valence-electron chi connectivity index (χ3n) is 2.75. The van der Waals surface area contributed by atoms with Crippen LogP contribution < -0.4 is 14.8 Å². The van der Waals surface area contributed by atoms with E-state index in [1.54, 1.807) is 7.11 Å². The zero-order valence-electron chi connectivity index (χ0n) is 10.4. The first-order chi connectivity index (χ1) is 8.35. The highest BCUT2D eigenvalue weighted by Crippen LogP contribution is 2.32. The minimum atomic E-state index is 0.195. The molecule has 1 aromatic carbocycles. The third-order valence-corrected chi connectivity index (χ3v) is 2.75. The molecule has 1 N–H and O–H groups in total. The highest BCUT2D eigenvalue weighted by molar-refractivity contribution is 5.44. The second kappa shape index (κ2) is 5.89. The summed E-state index contributed by atoms with van der Waals surface area (Å²) < 4.78 is 16.3. The van der Waals surface area contributed by atoms with Crippen LogP contribution in [0, 0.1) is 0 Å². The number of hydrogen-bond donors (Lipinski definition) is 1. The van der Waals surface area contributed by atoms with Gasteiger partial charge in [-0.15, -0.1) is 0 Å². The van der Waals surface area contributed by atoms with E-state index in [0.717, 1.165) is 23.6 Å².